The van der Waals surface area contributed by atoms with E-state index >= 15 is 0 Å². The molecule has 0 saturated heterocycles. The van der Waals surface area contributed by atoms with Gasteiger partial charge in [0.1, 0.15) is 0 Å². The van der Waals surface area contributed by atoms with Gasteiger partial charge in [0, 0.05) is 0 Å². The van der Waals surface area contributed by atoms with E-state index < -0.39 is 62.1 Å². The first-order chi connectivity index (χ1) is 18.3. The summed E-state index contributed by atoms with van der Waals surface area (Å²) in [5.41, 5.74) is 0.523. The number of carbonyl (C=O) groups is 1. The predicted molar refractivity (Wildman–Crippen MR) is 141 cm³/mol. The maximum absolute atomic E-state index is 13.4. The molecule has 39 heavy (non-hydrogen) atoms. The second kappa shape index (κ2) is 14.0. The Bertz CT molecular complexity index is 1240. The van der Waals surface area contributed by atoms with Gasteiger partial charge in [-0.25, -0.2) is 0 Å². The van der Waals surface area contributed by atoms with Crippen LogP contribution in [0, 0.1) is 14.4 Å². The van der Waals surface area contributed by atoms with Crippen molar-refractivity contribution in [3.63, 3.8) is 0 Å². The van der Waals surface area contributed by atoms with E-state index in [2.05, 4.69) is 10.2 Å². The van der Waals surface area contributed by atoms with Crippen molar-refractivity contribution in [1.82, 2.24) is 9.62 Å². The summed E-state index contributed by atoms with van der Waals surface area (Å²) in [6.07, 6.45) is -0.361. The van der Waals surface area contributed by atoms with Crippen molar-refractivity contribution in [1.29, 1.82) is 0 Å². The molecular weight excluding hydrogens is 665 g/mol. The van der Waals surface area contributed by atoms with Crippen molar-refractivity contribution < 1.29 is 51.8 Å². The van der Waals surface area contributed by atoms with Gasteiger partial charge in [-0.15, -0.1) is 0 Å². The van der Waals surface area contributed by atoms with E-state index in [1.165, 1.54) is 18.2 Å². The van der Waals surface area contributed by atoms with Crippen LogP contribution in [0.1, 0.15) is 32.1 Å². The van der Waals surface area contributed by atoms with Gasteiger partial charge in [-0.2, -0.15) is 0 Å². The predicted octanol–water partition coefficient (Wildman–Crippen LogP) is 1.18. The van der Waals surface area contributed by atoms with E-state index in [9.17, 15) is 32.1 Å². The molecule has 0 spiro atoms. The SMILES string of the molecule is CN(C)CC[C@H](CSc1ccccc1)Nc1ccc(S(=O)(=O)NC(=O)C2CCC(F)(F)CC2)cc1[I-][N+](=O)O. The van der Waals surface area contributed by atoms with Crippen LogP contribution in [-0.4, -0.2) is 65.9 Å². The zero-order chi connectivity index (χ0) is 28.6. The molecule has 0 heterocycles. The third-order valence-corrected chi connectivity index (χ3v) is 10.6. The van der Waals surface area contributed by atoms with Gasteiger partial charge in [0.25, 0.3) is 0 Å². The Labute approximate surface area is 242 Å². The summed E-state index contributed by atoms with van der Waals surface area (Å²) in [6, 6.07) is 14.0. The number of alkyl halides is 2. The minimum absolute atomic E-state index is 0.0363. The molecule has 9 nitrogen and oxygen atoms in total. The number of sulfonamides is 1. The third kappa shape index (κ3) is 10.1. The van der Waals surface area contributed by atoms with Crippen molar-refractivity contribution in [3.8, 4) is 0 Å². The number of anilines is 1. The number of rotatable bonds is 13. The summed E-state index contributed by atoms with van der Waals surface area (Å²) in [4.78, 5) is 27.0. The van der Waals surface area contributed by atoms with E-state index in [1.54, 1.807) is 11.8 Å². The number of hydrogen-bond donors (Lipinski definition) is 3. The number of thioether (sulfide) groups is 1. The first kappa shape index (κ1) is 31.5. The molecule has 216 valence electrons. The fourth-order valence-electron chi connectivity index (χ4n) is 4.05. The van der Waals surface area contributed by atoms with Gasteiger partial charge in [-0.05, 0) is 0 Å². The summed E-state index contributed by atoms with van der Waals surface area (Å²) in [6.45, 7) is 0.788. The van der Waals surface area contributed by atoms with E-state index in [0.717, 1.165) is 17.9 Å². The van der Waals surface area contributed by atoms with Crippen LogP contribution in [0.4, 0.5) is 14.5 Å². The minimum atomic E-state index is -4.32. The van der Waals surface area contributed by atoms with Gasteiger partial charge >= 0.3 is 243 Å². The average molecular weight is 699 g/mol. The van der Waals surface area contributed by atoms with Gasteiger partial charge < -0.3 is 0 Å². The van der Waals surface area contributed by atoms with Crippen LogP contribution < -0.4 is 31.5 Å². The molecule has 1 aliphatic carbocycles. The quantitative estimate of drug-likeness (QED) is 0.124. The van der Waals surface area contributed by atoms with Gasteiger partial charge in [-0.1, -0.05) is 0 Å². The van der Waals surface area contributed by atoms with Gasteiger partial charge in [0.15, 0.2) is 0 Å². The number of halogens is 3. The molecule has 1 saturated carbocycles. The Morgan fingerprint density at radius 1 is 1.21 bits per heavy atom. The number of amides is 1. The van der Waals surface area contributed by atoms with E-state index in [4.69, 9.17) is 0 Å². The number of hydrogen-bond acceptors (Lipinski definition) is 7. The van der Waals surface area contributed by atoms with Crippen LogP contribution >= 0.6 is 11.8 Å². The fourth-order valence-corrected chi connectivity index (χ4v) is 7.84. The van der Waals surface area contributed by atoms with Crippen LogP contribution in [0.2, 0.25) is 0 Å². The normalized spacial score (nSPS) is 16.6. The average Bonchev–Trinajstić information content (AvgIpc) is 2.86. The monoisotopic (exact) mass is 698 g/mol. The van der Waals surface area contributed by atoms with E-state index in [-0.39, 0.29) is 26.9 Å². The first-order valence-corrected chi connectivity index (χ1v) is 16.8. The zero-order valence-corrected chi connectivity index (χ0v) is 25.4. The maximum atomic E-state index is 13.4. The van der Waals surface area contributed by atoms with Crippen molar-refractivity contribution in [2.75, 3.05) is 31.7 Å². The molecule has 0 unspecified atom stereocenters. The molecule has 1 aliphatic rings. The summed E-state index contributed by atoms with van der Waals surface area (Å²) < 4.78 is 55.0. The summed E-state index contributed by atoms with van der Waals surface area (Å²) in [5.74, 6) is -3.78. The van der Waals surface area contributed by atoms with E-state index in [1.807, 2.05) is 49.1 Å². The second-order valence-electron chi connectivity index (χ2n) is 9.61. The van der Waals surface area contributed by atoms with Crippen LogP contribution in [-0.2, 0) is 14.8 Å². The van der Waals surface area contributed by atoms with Crippen LogP contribution in [0.5, 0.6) is 0 Å². The van der Waals surface area contributed by atoms with Crippen molar-refractivity contribution in [2.24, 2.45) is 5.92 Å². The Kier molecular flexibility index (Phi) is 11.3. The second-order valence-corrected chi connectivity index (χ2v) is 14.9. The van der Waals surface area contributed by atoms with Crippen molar-refractivity contribution in [3.05, 3.63) is 57.0 Å². The zero-order valence-electron chi connectivity index (χ0n) is 21.6. The molecule has 1 fully saturated rings. The van der Waals surface area contributed by atoms with Crippen LogP contribution in [0.3, 0.4) is 0 Å². The van der Waals surface area contributed by atoms with Gasteiger partial charge in [0.05, 0.1) is 0 Å². The molecule has 2 aromatic rings. The number of nitrogens with one attached hydrogen (secondary N) is 2. The number of nitrogens with zero attached hydrogens (tertiary/aromatic N) is 2. The Morgan fingerprint density at radius 2 is 1.87 bits per heavy atom. The molecule has 14 heteroatoms. The number of carbonyl (C=O) groups excluding carboxylic acids is 1. The molecule has 3 rings (SSSR count). The molecule has 3 N–H and O–H groups in total. The van der Waals surface area contributed by atoms with Crippen molar-refractivity contribution in [2.45, 2.75) is 53.9 Å². The summed E-state index contributed by atoms with van der Waals surface area (Å²) in [7, 11) is -0.390. The molecule has 0 aromatic heterocycles. The Balaban J connectivity index is 1.78. The fraction of sp³-hybridized carbons (Fsp3) is 0.480. The summed E-state index contributed by atoms with van der Waals surface area (Å²) in [5, 5.41) is 12.9. The molecule has 1 amide bonds. The molecule has 0 aliphatic heterocycles. The van der Waals surface area contributed by atoms with Gasteiger partial charge in [-0.3, -0.25) is 0 Å². The number of benzene rings is 2. The summed E-state index contributed by atoms with van der Waals surface area (Å²) >= 11 is -0.0174. The van der Waals surface area contributed by atoms with Gasteiger partial charge in [0.2, 0.25) is 0 Å². The first-order valence-electron chi connectivity index (χ1n) is 12.3. The molecule has 0 radical (unpaired) electrons. The molecule has 0 bridgehead atoms. The molecule has 2 aromatic carbocycles. The Morgan fingerprint density at radius 3 is 2.49 bits per heavy atom. The molecular formula is C25H33F2IN4O5S2. The van der Waals surface area contributed by atoms with Crippen LogP contribution in [0.25, 0.3) is 0 Å². The molecule has 1 atom stereocenters. The Hall–Kier alpha value is -2.04. The topological polar surface area (TPSA) is 119 Å². The van der Waals surface area contributed by atoms with Crippen molar-refractivity contribution >= 4 is 33.4 Å². The standard InChI is InChI=1S/C25H33F2IN4O5S2/c1-31(2)15-12-19(17-38-20-6-4-3-5-7-20)29-23-9-8-21(16-22(23)28-32(34)35)39(36,37)30-24(33)18-10-13-25(26,27)14-11-18/h3-9,16,18-19,29H,10-15,17H2,1-2H3,(H,30,33)(H,34,35)/t19-/m1/s1. The van der Waals surface area contributed by atoms with E-state index in [0.29, 0.717) is 15.0 Å². The van der Waals surface area contributed by atoms with Crippen LogP contribution in [0.15, 0.2) is 58.3 Å². The third-order valence-electron chi connectivity index (χ3n) is 6.22.